The zero-order valence-electron chi connectivity index (χ0n) is 11.3. The van der Waals surface area contributed by atoms with E-state index in [9.17, 15) is 0 Å². The van der Waals surface area contributed by atoms with Crippen LogP contribution in [0.4, 0.5) is 5.69 Å². The molecule has 0 saturated heterocycles. The van der Waals surface area contributed by atoms with Crippen molar-refractivity contribution in [3.63, 3.8) is 0 Å². The molecule has 2 aromatic carbocycles. The number of para-hydroxylation sites is 2. The predicted molar refractivity (Wildman–Crippen MR) is 82.7 cm³/mol. The number of anilines is 1. The van der Waals surface area contributed by atoms with E-state index in [-0.39, 0.29) is 6.10 Å². The molecule has 3 rings (SSSR count). The summed E-state index contributed by atoms with van der Waals surface area (Å²) < 4.78 is 11.7. The largest absolute Gasteiger partial charge is 0.486 e. The van der Waals surface area contributed by atoms with Crippen LogP contribution >= 0.6 is 11.8 Å². The summed E-state index contributed by atoms with van der Waals surface area (Å²) in [6.07, 6.45) is 0.0758. The van der Waals surface area contributed by atoms with Crippen molar-refractivity contribution >= 4 is 17.4 Å². The van der Waals surface area contributed by atoms with Crippen LogP contribution in [0.5, 0.6) is 11.5 Å². The van der Waals surface area contributed by atoms with Gasteiger partial charge < -0.3 is 15.2 Å². The molecule has 1 atom stereocenters. The predicted octanol–water partition coefficient (Wildman–Crippen LogP) is 3.51. The summed E-state index contributed by atoms with van der Waals surface area (Å²) in [7, 11) is 0. The summed E-state index contributed by atoms with van der Waals surface area (Å²) in [5.41, 5.74) is 7.77. The topological polar surface area (TPSA) is 44.5 Å². The molecule has 2 N–H and O–H groups in total. The Morgan fingerprint density at radius 1 is 1.20 bits per heavy atom. The van der Waals surface area contributed by atoms with Gasteiger partial charge in [0.15, 0.2) is 11.5 Å². The van der Waals surface area contributed by atoms with Gasteiger partial charge in [0.05, 0.1) is 0 Å². The summed E-state index contributed by atoms with van der Waals surface area (Å²) in [4.78, 5) is 1.24. The maximum atomic E-state index is 5.95. The summed E-state index contributed by atoms with van der Waals surface area (Å²) in [5, 5.41) is 0. The molecule has 20 heavy (non-hydrogen) atoms. The third-order valence-electron chi connectivity index (χ3n) is 3.19. The molecule has 0 bridgehead atoms. The molecule has 0 aromatic heterocycles. The molecule has 1 aliphatic rings. The number of aryl methyl sites for hydroxylation is 1. The fraction of sp³-hybridized carbons (Fsp3) is 0.250. The van der Waals surface area contributed by atoms with Crippen LogP contribution in [0, 0.1) is 6.92 Å². The van der Waals surface area contributed by atoms with Gasteiger partial charge in [-0.3, -0.25) is 0 Å². The van der Waals surface area contributed by atoms with Crippen LogP contribution in [0.2, 0.25) is 0 Å². The van der Waals surface area contributed by atoms with E-state index in [0.29, 0.717) is 6.61 Å². The molecule has 3 nitrogen and oxygen atoms in total. The Hall–Kier alpha value is -1.81. The first-order valence-corrected chi connectivity index (χ1v) is 7.58. The van der Waals surface area contributed by atoms with E-state index in [1.165, 1.54) is 10.5 Å². The summed E-state index contributed by atoms with van der Waals surface area (Å²) in [6.45, 7) is 2.67. The van der Waals surface area contributed by atoms with E-state index < -0.39 is 0 Å². The highest BCUT2D eigenvalue weighted by atomic mass is 32.2. The lowest BCUT2D eigenvalue weighted by Gasteiger charge is -2.26. The van der Waals surface area contributed by atoms with Gasteiger partial charge in [-0.15, -0.1) is 11.8 Å². The molecule has 1 unspecified atom stereocenters. The minimum Gasteiger partial charge on any atom is -0.486 e. The molecule has 1 heterocycles. The lowest BCUT2D eigenvalue weighted by molar-refractivity contribution is 0.107. The van der Waals surface area contributed by atoms with Gasteiger partial charge in [0, 0.05) is 16.3 Å². The molecule has 2 aromatic rings. The number of rotatable bonds is 3. The first kappa shape index (κ1) is 13.2. The van der Waals surface area contributed by atoms with E-state index >= 15 is 0 Å². The molecule has 0 fully saturated rings. The normalized spacial score (nSPS) is 16.9. The number of nitrogen functional groups attached to an aromatic ring is 1. The molecule has 104 valence electrons. The number of fused-ring (bicyclic) bond motifs is 1. The Kier molecular flexibility index (Phi) is 3.74. The smallest absolute Gasteiger partial charge is 0.161 e. The number of hydrogen-bond donors (Lipinski definition) is 1. The van der Waals surface area contributed by atoms with Crippen molar-refractivity contribution < 1.29 is 9.47 Å². The van der Waals surface area contributed by atoms with E-state index in [4.69, 9.17) is 15.2 Å². The molecule has 0 saturated carbocycles. The Morgan fingerprint density at radius 2 is 2.00 bits per heavy atom. The molecule has 4 heteroatoms. The van der Waals surface area contributed by atoms with E-state index in [2.05, 4.69) is 13.0 Å². The third-order valence-corrected chi connectivity index (χ3v) is 4.50. The Labute approximate surface area is 123 Å². The molecule has 1 aliphatic heterocycles. The van der Waals surface area contributed by atoms with Crippen molar-refractivity contribution in [2.24, 2.45) is 0 Å². The van der Waals surface area contributed by atoms with Gasteiger partial charge in [0.25, 0.3) is 0 Å². The SMILES string of the molecule is Cc1cc(N)ccc1SCC1COc2ccccc2O1. The fourth-order valence-electron chi connectivity index (χ4n) is 2.16. The first-order chi connectivity index (χ1) is 9.72. The number of benzene rings is 2. The van der Waals surface area contributed by atoms with Gasteiger partial charge in [0.2, 0.25) is 0 Å². The van der Waals surface area contributed by atoms with Crippen LogP contribution < -0.4 is 15.2 Å². The van der Waals surface area contributed by atoms with Gasteiger partial charge >= 0.3 is 0 Å². The van der Waals surface area contributed by atoms with Crippen molar-refractivity contribution in [2.75, 3.05) is 18.1 Å². The van der Waals surface area contributed by atoms with Crippen LogP contribution in [-0.4, -0.2) is 18.5 Å². The van der Waals surface area contributed by atoms with E-state index in [1.54, 1.807) is 11.8 Å². The highest BCUT2D eigenvalue weighted by molar-refractivity contribution is 7.99. The Morgan fingerprint density at radius 3 is 2.80 bits per heavy atom. The highest BCUT2D eigenvalue weighted by Gasteiger charge is 2.20. The van der Waals surface area contributed by atoms with Crippen molar-refractivity contribution in [3.8, 4) is 11.5 Å². The standard InChI is InChI=1S/C16H17NO2S/c1-11-8-12(17)6-7-16(11)20-10-13-9-18-14-4-2-3-5-15(14)19-13/h2-8,13H,9-10,17H2,1H3. The van der Waals surface area contributed by atoms with Crippen LogP contribution in [0.25, 0.3) is 0 Å². The molecule has 0 aliphatic carbocycles. The van der Waals surface area contributed by atoms with Crippen molar-refractivity contribution in [3.05, 3.63) is 48.0 Å². The van der Waals surface area contributed by atoms with Gasteiger partial charge in [-0.25, -0.2) is 0 Å². The number of thioether (sulfide) groups is 1. The maximum Gasteiger partial charge on any atom is 0.161 e. The van der Waals surface area contributed by atoms with Gasteiger partial charge in [-0.1, -0.05) is 12.1 Å². The average Bonchev–Trinajstić information content (AvgIpc) is 2.46. The number of nitrogens with two attached hydrogens (primary N) is 1. The van der Waals surface area contributed by atoms with E-state index in [1.807, 2.05) is 36.4 Å². The van der Waals surface area contributed by atoms with Crippen LogP contribution in [0.3, 0.4) is 0 Å². The zero-order chi connectivity index (χ0) is 13.9. The second kappa shape index (κ2) is 5.67. The fourth-order valence-corrected chi connectivity index (χ4v) is 3.14. The minimum absolute atomic E-state index is 0.0758. The van der Waals surface area contributed by atoms with Crippen molar-refractivity contribution in [2.45, 2.75) is 17.9 Å². The second-order valence-electron chi connectivity index (χ2n) is 4.83. The summed E-state index contributed by atoms with van der Waals surface area (Å²) in [6, 6.07) is 13.8. The second-order valence-corrected chi connectivity index (χ2v) is 5.90. The van der Waals surface area contributed by atoms with Gasteiger partial charge in [-0.05, 0) is 42.8 Å². The average molecular weight is 287 g/mol. The first-order valence-electron chi connectivity index (χ1n) is 6.60. The van der Waals surface area contributed by atoms with Crippen LogP contribution in [0.15, 0.2) is 47.4 Å². The Balaban J connectivity index is 1.63. The molecular weight excluding hydrogens is 270 g/mol. The monoisotopic (exact) mass is 287 g/mol. The highest BCUT2D eigenvalue weighted by Crippen LogP contribution is 2.33. The number of hydrogen-bond acceptors (Lipinski definition) is 4. The van der Waals surface area contributed by atoms with E-state index in [0.717, 1.165) is 22.9 Å². The lowest BCUT2D eigenvalue weighted by atomic mass is 10.2. The Bertz CT molecular complexity index is 615. The van der Waals surface area contributed by atoms with Crippen LogP contribution in [0.1, 0.15) is 5.56 Å². The number of ether oxygens (including phenoxy) is 2. The molecule has 0 spiro atoms. The van der Waals surface area contributed by atoms with Crippen molar-refractivity contribution in [1.82, 2.24) is 0 Å². The summed E-state index contributed by atoms with van der Waals surface area (Å²) >= 11 is 1.78. The quantitative estimate of drug-likeness (QED) is 0.693. The van der Waals surface area contributed by atoms with Gasteiger partial charge in [0.1, 0.15) is 12.7 Å². The molecular formula is C16H17NO2S. The van der Waals surface area contributed by atoms with Crippen molar-refractivity contribution in [1.29, 1.82) is 0 Å². The van der Waals surface area contributed by atoms with Gasteiger partial charge in [-0.2, -0.15) is 0 Å². The molecule has 0 amide bonds. The van der Waals surface area contributed by atoms with Crippen LogP contribution in [-0.2, 0) is 0 Å². The lowest BCUT2D eigenvalue weighted by Crippen LogP contribution is -2.31. The summed E-state index contributed by atoms with van der Waals surface area (Å²) in [5.74, 6) is 2.52. The third kappa shape index (κ3) is 2.85. The maximum absolute atomic E-state index is 5.95. The minimum atomic E-state index is 0.0758. The molecule has 0 radical (unpaired) electrons. The zero-order valence-corrected chi connectivity index (χ0v) is 12.2.